The second-order valence-corrected chi connectivity index (χ2v) is 4.28. The smallest absolute Gasteiger partial charge is 0.293 e. The van der Waals surface area contributed by atoms with Gasteiger partial charge in [-0.2, -0.15) is 0 Å². The Hall–Kier alpha value is -1.03. The Morgan fingerprint density at radius 3 is 2.94 bits per heavy atom. The summed E-state index contributed by atoms with van der Waals surface area (Å²) in [6.07, 6.45) is 5.13. The molecule has 1 N–H and O–H groups in total. The van der Waals surface area contributed by atoms with E-state index in [0.29, 0.717) is 18.9 Å². The van der Waals surface area contributed by atoms with Crippen molar-refractivity contribution < 1.29 is 0 Å². The monoisotopic (exact) mass is 243 g/mol. The third kappa shape index (κ3) is 3.52. The molecule has 0 aromatic carbocycles. The van der Waals surface area contributed by atoms with E-state index in [4.69, 9.17) is 11.6 Å². The quantitative estimate of drug-likeness (QED) is 0.779. The van der Waals surface area contributed by atoms with Crippen LogP contribution in [0.4, 0.5) is 5.82 Å². The highest BCUT2D eigenvalue weighted by Crippen LogP contribution is 2.02. The lowest BCUT2D eigenvalue weighted by Gasteiger charge is -2.10. The standard InChI is InChI=1S/C11H18ClN3O/c1-3-6-15-7-5-13-10(11(15)16)14-8-9(12)4-2/h5,7,9H,3-4,6,8H2,1-2H3,(H,13,14). The number of aromatic nitrogens is 2. The molecule has 0 saturated heterocycles. The van der Waals surface area contributed by atoms with Crippen LogP contribution in [0.2, 0.25) is 0 Å². The predicted octanol–water partition coefficient (Wildman–Crippen LogP) is 2.08. The third-order valence-corrected chi connectivity index (χ3v) is 2.78. The minimum atomic E-state index is -0.0793. The molecule has 0 saturated carbocycles. The van der Waals surface area contributed by atoms with Gasteiger partial charge in [0.25, 0.3) is 5.56 Å². The van der Waals surface area contributed by atoms with Crippen molar-refractivity contribution in [1.29, 1.82) is 0 Å². The minimum absolute atomic E-state index is 0.0287. The van der Waals surface area contributed by atoms with Crippen molar-refractivity contribution in [3.63, 3.8) is 0 Å². The molecule has 1 aromatic rings. The highest BCUT2D eigenvalue weighted by atomic mass is 35.5. The molecule has 1 unspecified atom stereocenters. The molecular formula is C11H18ClN3O. The van der Waals surface area contributed by atoms with Gasteiger partial charge in [0.1, 0.15) is 0 Å². The summed E-state index contributed by atoms with van der Waals surface area (Å²) in [6.45, 7) is 5.32. The molecule has 1 aromatic heterocycles. The van der Waals surface area contributed by atoms with Crippen LogP contribution < -0.4 is 10.9 Å². The van der Waals surface area contributed by atoms with Gasteiger partial charge in [-0.05, 0) is 12.8 Å². The van der Waals surface area contributed by atoms with E-state index in [0.717, 1.165) is 12.8 Å². The molecule has 16 heavy (non-hydrogen) atoms. The lowest BCUT2D eigenvalue weighted by atomic mass is 10.3. The summed E-state index contributed by atoms with van der Waals surface area (Å²) in [7, 11) is 0. The molecule has 0 radical (unpaired) electrons. The fourth-order valence-corrected chi connectivity index (χ4v) is 1.41. The summed E-state index contributed by atoms with van der Waals surface area (Å²) in [5.74, 6) is 0.384. The lowest BCUT2D eigenvalue weighted by Crippen LogP contribution is -2.26. The Balaban J connectivity index is 2.73. The van der Waals surface area contributed by atoms with Crippen LogP contribution >= 0.6 is 11.6 Å². The van der Waals surface area contributed by atoms with Crippen molar-refractivity contribution >= 4 is 17.4 Å². The first-order valence-corrected chi connectivity index (χ1v) is 6.06. The average Bonchev–Trinajstić information content (AvgIpc) is 2.30. The molecule has 1 heterocycles. The number of hydrogen-bond acceptors (Lipinski definition) is 3. The molecule has 90 valence electrons. The molecule has 0 aliphatic carbocycles. The number of nitrogens with one attached hydrogen (secondary N) is 1. The second kappa shape index (κ2) is 6.53. The van der Waals surface area contributed by atoms with E-state index in [1.165, 1.54) is 0 Å². The molecule has 0 amide bonds. The van der Waals surface area contributed by atoms with Crippen LogP contribution in [0, 0.1) is 0 Å². The Kier molecular flexibility index (Phi) is 5.32. The number of anilines is 1. The van der Waals surface area contributed by atoms with E-state index >= 15 is 0 Å². The third-order valence-electron chi connectivity index (χ3n) is 2.31. The van der Waals surface area contributed by atoms with Crippen LogP contribution in [-0.2, 0) is 6.54 Å². The first kappa shape index (κ1) is 13.0. The van der Waals surface area contributed by atoms with Crippen molar-refractivity contribution in [2.45, 2.75) is 38.6 Å². The summed E-state index contributed by atoms with van der Waals surface area (Å²) in [4.78, 5) is 15.9. The molecule has 4 nitrogen and oxygen atoms in total. The highest BCUT2D eigenvalue weighted by molar-refractivity contribution is 6.20. The largest absolute Gasteiger partial charge is 0.364 e. The fraction of sp³-hybridized carbons (Fsp3) is 0.636. The van der Waals surface area contributed by atoms with E-state index in [2.05, 4.69) is 10.3 Å². The van der Waals surface area contributed by atoms with Gasteiger partial charge in [-0.3, -0.25) is 4.79 Å². The molecule has 0 spiro atoms. The maximum atomic E-state index is 11.9. The van der Waals surface area contributed by atoms with Gasteiger partial charge in [0.2, 0.25) is 0 Å². The van der Waals surface area contributed by atoms with Gasteiger partial charge in [-0.15, -0.1) is 11.6 Å². The zero-order valence-corrected chi connectivity index (χ0v) is 10.5. The first-order chi connectivity index (χ1) is 7.69. The highest BCUT2D eigenvalue weighted by Gasteiger charge is 2.06. The van der Waals surface area contributed by atoms with Crippen molar-refractivity contribution in [3.05, 3.63) is 22.7 Å². The van der Waals surface area contributed by atoms with Crippen LogP contribution in [0.5, 0.6) is 0 Å². The zero-order chi connectivity index (χ0) is 12.0. The van der Waals surface area contributed by atoms with Crippen molar-refractivity contribution in [2.24, 2.45) is 0 Å². The van der Waals surface area contributed by atoms with E-state index in [1.807, 2.05) is 13.8 Å². The van der Waals surface area contributed by atoms with Crippen molar-refractivity contribution in [2.75, 3.05) is 11.9 Å². The molecule has 0 aliphatic rings. The summed E-state index contributed by atoms with van der Waals surface area (Å²) < 4.78 is 1.66. The molecule has 0 fully saturated rings. The Morgan fingerprint density at radius 1 is 1.56 bits per heavy atom. The number of rotatable bonds is 6. The van der Waals surface area contributed by atoms with Gasteiger partial charge in [-0.1, -0.05) is 13.8 Å². The molecular weight excluding hydrogens is 226 g/mol. The maximum absolute atomic E-state index is 11.9. The number of hydrogen-bond donors (Lipinski definition) is 1. The van der Waals surface area contributed by atoms with Gasteiger partial charge in [-0.25, -0.2) is 4.98 Å². The van der Waals surface area contributed by atoms with Gasteiger partial charge in [0.05, 0.1) is 5.38 Å². The Morgan fingerprint density at radius 2 is 2.31 bits per heavy atom. The zero-order valence-electron chi connectivity index (χ0n) is 9.74. The maximum Gasteiger partial charge on any atom is 0.293 e. The van der Waals surface area contributed by atoms with Gasteiger partial charge < -0.3 is 9.88 Å². The number of aryl methyl sites for hydroxylation is 1. The Bertz CT molecular complexity index is 378. The van der Waals surface area contributed by atoms with Crippen LogP contribution in [0.15, 0.2) is 17.2 Å². The molecule has 1 rings (SSSR count). The van der Waals surface area contributed by atoms with Crippen LogP contribution in [0.1, 0.15) is 26.7 Å². The van der Waals surface area contributed by atoms with Crippen LogP contribution in [-0.4, -0.2) is 21.5 Å². The Labute approximate surface area is 101 Å². The topological polar surface area (TPSA) is 46.9 Å². The number of alkyl halides is 1. The average molecular weight is 244 g/mol. The second-order valence-electron chi connectivity index (χ2n) is 3.66. The summed E-state index contributed by atoms with van der Waals surface area (Å²) in [5, 5.41) is 3.01. The molecule has 1 atom stereocenters. The fourth-order valence-electron chi connectivity index (χ4n) is 1.34. The predicted molar refractivity (Wildman–Crippen MR) is 67.2 cm³/mol. The summed E-state index contributed by atoms with van der Waals surface area (Å²) in [5.41, 5.74) is -0.0793. The van der Waals surface area contributed by atoms with Crippen molar-refractivity contribution in [3.8, 4) is 0 Å². The van der Waals surface area contributed by atoms with Gasteiger partial charge >= 0.3 is 0 Å². The van der Waals surface area contributed by atoms with Crippen molar-refractivity contribution in [1.82, 2.24) is 9.55 Å². The summed E-state index contributed by atoms with van der Waals surface area (Å²) >= 11 is 5.97. The van der Waals surface area contributed by atoms with E-state index in [-0.39, 0.29) is 10.9 Å². The number of nitrogens with zero attached hydrogens (tertiary/aromatic N) is 2. The van der Waals surface area contributed by atoms with E-state index in [9.17, 15) is 4.79 Å². The normalized spacial score (nSPS) is 12.4. The van der Waals surface area contributed by atoms with E-state index in [1.54, 1.807) is 17.0 Å². The van der Waals surface area contributed by atoms with Gasteiger partial charge in [0, 0.05) is 25.5 Å². The molecule has 0 aliphatic heterocycles. The first-order valence-electron chi connectivity index (χ1n) is 5.62. The van der Waals surface area contributed by atoms with Crippen LogP contribution in [0.3, 0.4) is 0 Å². The van der Waals surface area contributed by atoms with E-state index < -0.39 is 0 Å². The van der Waals surface area contributed by atoms with Gasteiger partial charge in [0.15, 0.2) is 5.82 Å². The SMILES string of the molecule is CCCn1ccnc(NCC(Cl)CC)c1=O. The van der Waals surface area contributed by atoms with Crippen LogP contribution in [0.25, 0.3) is 0 Å². The molecule has 5 heteroatoms. The lowest BCUT2D eigenvalue weighted by molar-refractivity contribution is 0.649. The summed E-state index contributed by atoms with van der Waals surface area (Å²) in [6, 6.07) is 0. The minimum Gasteiger partial charge on any atom is -0.364 e. The number of halogens is 1. The molecule has 0 bridgehead atoms.